The highest BCUT2D eigenvalue weighted by atomic mass is 19.1. The maximum absolute atomic E-state index is 13.3. The molecule has 0 aromatic heterocycles. The summed E-state index contributed by atoms with van der Waals surface area (Å²) in [6.07, 6.45) is 0.910. The number of halogens is 1. The molecule has 1 aliphatic heterocycles. The molecule has 2 aromatic rings. The number of aryl methyl sites for hydroxylation is 1. The molecule has 160 valence electrons. The summed E-state index contributed by atoms with van der Waals surface area (Å²) in [4.78, 5) is 28.6. The topological polar surface area (TPSA) is 60.9 Å². The van der Waals surface area contributed by atoms with E-state index in [1.54, 1.807) is 18.2 Å². The summed E-state index contributed by atoms with van der Waals surface area (Å²) >= 11 is 0. The van der Waals surface area contributed by atoms with Gasteiger partial charge in [0.2, 0.25) is 5.91 Å². The van der Waals surface area contributed by atoms with Gasteiger partial charge in [0.25, 0.3) is 0 Å². The van der Waals surface area contributed by atoms with Gasteiger partial charge in [0.1, 0.15) is 12.4 Å². The average molecular weight is 413 g/mol. The number of hydrogen-bond donors (Lipinski definition) is 1. The predicted molar refractivity (Wildman–Crippen MR) is 114 cm³/mol. The maximum Gasteiger partial charge on any atom is 0.223 e. The fraction of sp³-hybridized carbons (Fsp3) is 0.417. The summed E-state index contributed by atoms with van der Waals surface area (Å²) < 4.78 is 13.3. The summed E-state index contributed by atoms with van der Waals surface area (Å²) in [5.74, 6) is -0.455. The van der Waals surface area contributed by atoms with E-state index in [9.17, 15) is 14.0 Å². The van der Waals surface area contributed by atoms with E-state index in [4.69, 9.17) is 5.11 Å². The van der Waals surface area contributed by atoms with E-state index in [-0.39, 0.29) is 29.6 Å². The highest BCUT2D eigenvalue weighted by molar-refractivity contribution is 5.96. The third kappa shape index (κ3) is 5.52. The van der Waals surface area contributed by atoms with Crippen molar-refractivity contribution in [1.82, 2.24) is 9.80 Å². The van der Waals surface area contributed by atoms with E-state index in [1.807, 2.05) is 23.1 Å². The largest absolute Gasteiger partial charge is 0.388 e. The lowest BCUT2D eigenvalue weighted by atomic mass is 10.0. The van der Waals surface area contributed by atoms with Crippen LogP contribution in [0.4, 0.5) is 4.39 Å². The second-order valence-electron chi connectivity index (χ2n) is 8.10. The number of aliphatic hydroxyl groups excluding tert-OH is 1. The first kappa shape index (κ1) is 22.1. The molecule has 1 amide bonds. The van der Waals surface area contributed by atoms with E-state index in [0.29, 0.717) is 18.4 Å². The summed E-state index contributed by atoms with van der Waals surface area (Å²) in [6.45, 7) is 5.93. The molecule has 1 fully saturated rings. The van der Waals surface area contributed by atoms with Crippen LogP contribution >= 0.6 is 0 Å². The van der Waals surface area contributed by atoms with Crippen LogP contribution in [0.25, 0.3) is 0 Å². The van der Waals surface area contributed by atoms with Gasteiger partial charge in [-0.2, -0.15) is 0 Å². The number of carbonyl (C=O) groups excluding carboxylic acids is 2. The zero-order valence-electron chi connectivity index (χ0n) is 17.6. The van der Waals surface area contributed by atoms with Crippen LogP contribution in [0.2, 0.25) is 0 Å². The van der Waals surface area contributed by atoms with Gasteiger partial charge in [0.15, 0.2) is 5.78 Å². The highest BCUT2D eigenvalue weighted by Crippen LogP contribution is 2.20. The monoisotopic (exact) mass is 412 g/mol. The van der Waals surface area contributed by atoms with E-state index < -0.39 is 6.61 Å². The molecule has 2 atom stereocenters. The molecule has 0 aliphatic carbocycles. The van der Waals surface area contributed by atoms with Gasteiger partial charge in [-0.3, -0.25) is 14.5 Å². The Kier molecular flexibility index (Phi) is 7.34. The first-order valence-electron chi connectivity index (χ1n) is 10.4. The van der Waals surface area contributed by atoms with Crippen LogP contribution in [0.5, 0.6) is 0 Å². The minimum atomic E-state index is -0.483. The number of nitrogens with zero attached hydrogens (tertiary/aromatic N) is 2. The molecular weight excluding hydrogens is 383 g/mol. The Balaban J connectivity index is 1.55. The molecule has 3 rings (SSSR count). The van der Waals surface area contributed by atoms with Crippen molar-refractivity contribution in [3.05, 3.63) is 71.0 Å². The van der Waals surface area contributed by atoms with Crippen molar-refractivity contribution in [2.45, 2.75) is 45.3 Å². The van der Waals surface area contributed by atoms with Crippen LogP contribution in [0.1, 0.15) is 41.8 Å². The molecule has 5 nitrogen and oxygen atoms in total. The molecule has 2 aromatic carbocycles. The summed E-state index contributed by atoms with van der Waals surface area (Å²) in [6, 6.07) is 13.9. The summed E-state index contributed by atoms with van der Waals surface area (Å²) in [7, 11) is 0. The third-order valence-electron chi connectivity index (χ3n) is 5.62. The maximum atomic E-state index is 13.3. The molecule has 0 spiro atoms. The molecule has 6 heteroatoms. The Morgan fingerprint density at radius 3 is 2.30 bits per heavy atom. The number of hydrogen-bond acceptors (Lipinski definition) is 4. The second-order valence-corrected chi connectivity index (χ2v) is 8.10. The normalized spacial score (nSPS) is 19.7. The van der Waals surface area contributed by atoms with Crippen molar-refractivity contribution in [1.29, 1.82) is 0 Å². The minimum Gasteiger partial charge on any atom is -0.388 e. The molecular formula is C24H29FN2O3. The van der Waals surface area contributed by atoms with Gasteiger partial charge in [-0.25, -0.2) is 4.39 Å². The van der Waals surface area contributed by atoms with Crippen molar-refractivity contribution < 1.29 is 19.1 Å². The lowest BCUT2D eigenvalue weighted by Gasteiger charge is -2.44. The number of benzene rings is 2. The minimum absolute atomic E-state index is 0.0870. The van der Waals surface area contributed by atoms with Crippen molar-refractivity contribution in [3.63, 3.8) is 0 Å². The molecule has 0 unspecified atom stereocenters. The number of rotatable bonds is 7. The molecule has 0 radical (unpaired) electrons. The Bertz CT molecular complexity index is 872. The predicted octanol–water partition coefficient (Wildman–Crippen LogP) is 3.05. The van der Waals surface area contributed by atoms with Crippen LogP contribution in [-0.2, 0) is 17.8 Å². The zero-order valence-corrected chi connectivity index (χ0v) is 17.6. The molecule has 30 heavy (non-hydrogen) atoms. The average Bonchev–Trinajstić information content (AvgIpc) is 2.72. The lowest BCUT2D eigenvalue weighted by Crippen LogP contribution is -2.58. The number of amides is 1. The van der Waals surface area contributed by atoms with Gasteiger partial charge < -0.3 is 10.0 Å². The number of ketones is 1. The fourth-order valence-corrected chi connectivity index (χ4v) is 4.27. The molecule has 1 aliphatic rings. The van der Waals surface area contributed by atoms with Crippen molar-refractivity contribution in [2.75, 3.05) is 19.7 Å². The molecule has 0 bridgehead atoms. The van der Waals surface area contributed by atoms with E-state index in [2.05, 4.69) is 18.7 Å². The van der Waals surface area contributed by atoms with Crippen LogP contribution in [0.15, 0.2) is 48.5 Å². The highest BCUT2D eigenvalue weighted by Gasteiger charge is 2.32. The summed E-state index contributed by atoms with van der Waals surface area (Å²) in [5.41, 5.74) is 2.44. The molecule has 1 saturated heterocycles. The Hall–Kier alpha value is -2.57. The van der Waals surface area contributed by atoms with Crippen LogP contribution in [-0.4, -0.2) is 58.4 Å². The van der Waals surface area contributed by atoms with E-state index in [1.165, 1.54) is 12.1 Å². The number of aliphatic hydroxyl groups is 1. The first-order valence-corrected chi connectivity index (χ1v) is 10.4. The Labute approximate surface area is 177 Å². The Morgan fingerprint density at radius 2 is 1.70 bits per heavy atom. The quantitative estimate of drug-likeness (QED) is 0.710. The standard InChI is InChI=1S/C24H29FN2O3/c1-17-13-26(15-20-6-9-21(10-7-20)23(29)16-28)14-18(2)27(17)24(30)11-8-19-4-3-5-22(25)12-19/h3-7,9-10,12,17-18,28H,8,11,13-16H2,1-2H3/t17-,18+. The number of Topliss-reactive ketones (excluding diaryl/α,β-unsaturated/α-hetero) is 1. The first-order chi connectivity index (χ1) is 14.4. The van der Waals surface area contributed by atoms with Gasteiger partial charge in [-0.1, -0.05) is 36.4 Å². The zero-order chi connectivity index (χ0) is 21.7. The Morgan fingerprint density at radius 1 is 1.03 bits per heavy atom. The third-order valence-corrected chi connectivity index (χ3v) is 5.62. The van der Waals surface area contributed by atoms with Gasteiger partial charge >= 0.3 is 0 Å². The number of piperazine rings is 1. The van der Waals surface area contributed by atoms with E-state index >= 15 is 0 Å². The van der Waals surface area contributed by atoms with Gasteiger partial charge in [-0.05, 0) is 43.5 Å². The van der Waals surface area contributed by atoms with Crippen molar-refractivity contribution in [3.8, 4) is 0 Å². The van der Waals surface area contributed by atoms with Crippen molar-refractivity contribution >= 4 is 11.7 Å². The number of carbonyl (C=O) groups is 2. The van der Waals surface area contributed by atoms with E-state index in [0.717, 1.165) is 30.8 Å². The SMILES string of the molecule is C[C@@H]1CN(Cc2ccc(C(=O)CO)cc2)C[C@H](C)N1C(=O)CCc1cccc(F)c1. The smallest absolute Gasteiger partial charge is 0.223 e. The molecule has 1 N–H and O–H groups in total. The summed E-state index contributed by atoms with van der Waals surface area (Å²) in [5, 5.41) is 8.96. The van der Waals surface area contributed by atoms with Gasteiger partial charge in [0, 0.05) is 43.7 Å². The molecule has 1 heterocycles. The molecule has 0 saturated carbocycles. The van der Waals surface area contributed by atoms with Crippen molar-refractivity contribution in [2.24, 2.45) is 0 Å². The van der Waals surface area contributed by atoms with Crippen LogP contribution in [0.3, 0.4) is 0 Å². The lowest BCUT2D eigenvalue weighted by molar-refractivity contribution is -0.139. The van der Waals surface area contributed by atoms with Gasteiger partial charge in [0.05, 0.1) is 0 Å². The fourth-order valence-electron chi connectivity index (χ4n) is 4.27. The van der Waals surface area contributed by atoms with Crippen LogP contribution < -0.4 is 0 Å². The van der Waals surface area contributed by atoms with Gasteiger partial charge in [-0.15, -0.1) is 0 Å². The second kappa shape index (κ2) is 9.96. The van der Waals surface area contributed by atoms with Crippen LogP contribution in [0, 0.1) is 5.82 Å².